The molecule has 1 saturated carbocycles. The highest BCUT2D eigenvalue weighted by molar-refractivity contribution is 8.03. The van der Waals surface area contributed by atoms with Gasteiger partial charge in [-0.1, -0.05) is 42.6 Å². The van der Waals surface area contributed by atoms with Gasteiger partial charge in [-0.05, 0) is 49.9 Å². The molecular formula is C20H21ClF3N3S. The summed E-state index contributed by atoms with van der Waals surface area (Å²) in [6.45, 7) is 1.93. The molecule has 1 unspecified atom stereocenters. The zero-order valence-corrected chi connectivity index (χ0v) is 17.0. The average molecular weight is 428 g/mol. The smallest absolute Gasteiger partial charge is 0.343 e. The van der Waals surface area contributed by atoms with E-state index >= 15 is 0 Å². The highest BCUT2D eigenvalue weighted by Crippen LogP contribution is 2.49. The number of allylic oxidation sites excluding steroid dienone is 2. The van der Waals surface area contributed by atoms with E-state index in [1.807, 2.05) is 31.2 Å². The molecule has 0 spiro atoms. The molecule has 1 N–H and O–H groups in total. The molecule has 0 saturated heterocycles. The van der Waals surface area contributed by atoms with Gasteiger partial charge < -0.3 is 5.32 Å². The fraction of sp³-hybridized carbons (Fsp3) is 0.450. The van der Waals surface area contributed by atoms with Crippen molar-refractivity contribution in [1.29, 1.82) is 0 Å². The molecule has 1 aliphatic carbocycles. The van der Waals surface area contributed by atoms with E-state index in [-0.39, 0.29) is 12.0 Å². The van der Waals surface area contributed by atoms with Crippen molar-refractivity contribution in [1.82, 2.24) is 9.78 Å². The minimum Gasteiger partial charge on any atom is -0.343 e. The monoisotopic (exact) mass is 427 g/mol. The number of hydrogen-bond acceptors (Lipinski definition) is 3. The second-order valence-electron chi connectivity index (χ2n) is 7.37. The number of benzene rings is 1. The summed E-state index contributed by atoms with van der Waals surface area (Å²) in [5.74, 6) is 0.696. The van der Waals surface area contributed by atoms with Crippen LogP contribution in [0.5, 0.6) is 0 Å². The Hall–Kier alpha value is -1.60. The van der Waals surface area contributed by atoms with Crippen LogP contribution in [0.2, 0.25) is 5.02 Å². The number of alkyl halides is 3. The van der Waals surface area contributed by atoms with Gasteiger partial charge in [-0.3, -0.25) is 0 Å². The van der Waals surface area contributed by atoms with Crippen LogP contribution in [-0.4, -0.2) is 9.78 Å². The van der Waals surface area contributed by atoms with Crippen LogP contribution < -0.4 is 5.32 Å². The number of hydrogen-bond donors (Lipinski definition) is 1. The van der Waals surface area contributed by atoms with Crippen LogP contribution in [0.25, 0.3) is 0 Å². The third-order valence-electron chi connectivity index (χ3n) is 5.38. The fourth-order valence-corrected chi connectivity index (χ4v) is 5.32. The first-order valence-electron chi connectivity index (χ1n) is 9.41. The lowest BCUT2D eigenvalue weighted by Gasteiger charge is -2.36. The lowest BCUT2D eigenvalue weighted by atomic mass is 9.83. The van der Waals surface area contributed by atoms with Gasteiger partial charge in [0, 0.05) is 26.6 Å². The first-order valence-corrected chi connectivity index (χ1v) is 10.6. The largest absolute Gasteiger partial charge is 0.435 e. The molecule has 3 nitrogen and oxygen atoms in total. The van der Waals surface area contributed by atoms with Crippen LogP contribution >= 0.6 is 23.4 Å². The first-order chi connectivity index (χ1) is 13.3. The minimum atomic E-state index is -4.46. The van der Waals surface area contributed by atoms with E-state index in [1.165, 1.54) is 6.42 Å². The highest BCUT2D eigenvalue weighted by atomic mass is 35.5. The number of aromatic nitrogens is 2. The standard InChI is InChI=1S/C20H21ClF3N3S/c1-12-19(28-15-9-7-14(21)8-10-15)18(13-5-3-2-4-6-13)27-17(25-12)11-16(26-27)20(22,23)24/h7-11,13,18,25H,2-6H2,1H3. The Bertz CT molecular complexity index is 883. The molecular weight excluding hydrogens is 407 g/mol. The van der Waals surface area contributed by atoms with Crippen molar-refractivity contribution in [2.24, 2.45) is 5.92 Å². The molecule has 2 aliphatic rings. The third-order valence-corrected chi connectivity index (χ3v) is 6.91. The van der Waals surface area contributed by atoms with Crippen LogP contribution in [0, 0.1) is 5.92 Å². The van der Waals surface area contributed by atoms with Gasteiger partial charge in [0.25, 0.3) is 0 Å². The summed E-state index contributed by atoms with van der Waals surface area (Å²) >= 11 is 7.57. The summed E-state index contributed by atoms with van der Waals surface area (Å²) in [4.78, 5) is 2.03. The Morgan fingerprint density at radius 2 is 1.82 bits per heavy atom. The molecule has 0 amide bonds. The Morgan fingerprint density at radius 3 is 2.46 bits per heavy atom. The topological polar surface area (TPSA) is 29.9 Å². The first kappa shape index (κ1) is 19.7. The zero-order valence-electron chi connectivity index (χ0n) is 15.4. The Morgan fingerprint density at radius 1 is 1.14 bits per heavy atom. The molecule has 1 aliphatic heterocycles. The van der Waals surface area contributed by atoms with Crippen molar-refractivity contribution >= 4 is 29.2 Å². The SMILES string of the molecule is CC1=C(Sc2ccc(Cl)cc2)C(C2CCCCC2)n2nc(C(F)(F)F)cc2N1. The molecule has 28 heavy (non-hydrogen) atoms. The Balaban J connectivity index is 1.74. The van der Waals surface area contributed by atoms with E-state index in [9.17, 15) is 13.2 Å². The Labute approximate surface area is 171 Å². The van der Waals surface area contributed by atoms with E-state index in [2.05, 4.69) is 10.4 Å². The molecule has 1 aromatic carbocycles. The van der Waals surface area contributed by atoms with E-state index in [0.29, 0.717) is 10.8 Å². The number of thioether (sulfide) groups is 1. The molecule has 8 heteroatoms. The molecule has 2 aromatic rings. The second kappa shape index (κ2) is 7.67. The van der Waals surface area contributed by atoms with Gasteiger partial charge in [0.1, 0.15) is 5.82 Å². The van der Waals surface area contributed by atoms with E-state index in [0.717, 1.165) is 47.2 Å². The van der Waals surface area contributed by atoms with Crippen LogP contribution in [0.3, 0.4) is 0 Å². The van der Waals surface area contributed by atoms with E-state index in [4.69, 9.17) is 11.6 Å². The third kappa shape index (κ3) is 3.92. The van der Waals surface area contributed by atoms with E-state index < -0.39 is 11.9 Å². The number of nitrogens with zero attached hydrogens (tertiary/aromatic N) is 2. The summed E-state index contributed by atoms with van der Waals surface area (Å²) in [5, 5.41) is 7.77. The van der Waals surface area contributed by atoms with Gasteiger partial charge in [0.2, 0.25) is 0 Å². The lowest BCUT2D eigenvalue weighted by molar-refractivity contribution is -0.141. The number of nitrogens with one attached hydrogen (secondary N) is 1. The number of fused-ring (bicyclic) bond motifs is 1. The van der Waals surface area contributed by atoms with Crippen molar-refractivity contribution in [3.05, 3.63) is 51.7 Å². The van der Waals surface area contributed by atoms with Gasteiger partial charge >= 0.3 is 6.18 Å². The quantitative estimate of drug-likeness (QED) is 0.565. The molecule has 1 fully saturated rings. The van der Waals surface area contributed by atoms with Crippen molar-refractivity contribution in [3.63, 3.8) is 0 Å². The maximum Gasteiger partial charge on any atom is 0.435 e. The fourth-order valence-electron chi connectivity index (χ4n) is 4.06. The highest BCUT2D eigenvalue weighted by Gasteiger charge is 2.40. The van der Waals surface area contributed by atoms with Crippen LogP contribution in [0.4, 0.5) is 19.0 Å². The average Bonchev–Trinajstić information content (AvgIpc) is 3.08. The molecule has 1 aromatic heterocycles. The van der Waals surface area contributed by atoms with Crippen molar-refractivity contribution in [2.45, 2.75) is 56.1 Å². The van der Waals surface area contributed by atoms with Crippen LogP contribution in [0.1, 0.15) is 50.8 Å². The zero-order chi connectivity index (χ0) is 19.9. The maximum absolute atomic E-state index is 13.3. The van der Waals surface area contributed by atoms with Gasteiger partial charge in [0.05, 0.1) is 6.04 Å². The molecule has 0 radical (unpaired) electrons. The molecule has 150 valence electrons. The van der Waals surface area contributed by atoms with E-state index in [1.54, 1.807) is 16.4 Å². The number of rotatable bonds is 3. The van der Waals surface area contributed by atoms with Gasteiger partial charge in [-0.25, -0.2) is 4.68 Å². The molecule has 2 heterocycles. The normalized spacial score (nSPS) is 20.8. The molecule has 0 bridgehead atoms. The predicted molar refractivity (Wildman–Crippen MR) is 106 cm³/mol. The van der Waals surface area contributed by atoms with Gasteiger partial charge in [-0.2, -0.15) is 18.3 Å². The number of halogens is 4. The Kier molecular flexibility index (Phi) is 5.40. The van der Waals surface area contributed by atoms with Crippen LogP contribution in [-0.2, 0) is 6.18 Å². The van der Waals surface area contributed by atoms with Crippen LogP contribution in [0.15, 0.2) is 45.8 Å². The summed E-state index contributed by atoms with van der Waals surface area (Å²) in [5.41, 5.74) is 0.0398. The molecule has 1 atom stereocenters. The number of anilines is 1. The van der Waals surface area contributed by atoms with Crippen molar-refractivity contribution < 1.29 is 13.2 Å². The van der Waals surface area contributed by atoms with Crippen molar-refractivity contribution in [3.8, 4) is 0 Å². The summed E-state index contributed by atoms with van der Waals surface area (Å²) in [6, 6.07) is 8.45. The predicted octanol–water partition coefficient (Wildman–Crippen LogP) is 7.13. The van der Waals surface area contributed by atoms with Gasteiger partial charge in [-0.15, -0.1) is 0 Å². The summed E-state index contributed by atoms with van der Waals surface area (Å²) in [7, 11) is 0. The summed E-state index contributed by atoms with van der Waals surface area (Å²) < 4.78 is 41.4. The second-order valence-corrected chi connectivity index (χ2v) is 8.92. The summed E-state index contributed by atoms with van der Waals surface area (Å²) in [6.07, 6.45) is 0.946. The van der Waals surface area contributed by atoms with Crippen molar-refractivity contribution in [2.75, 3.05) is 5.32 Å². The maximum atomic E-state index is 13.3. The molecule has 4 rings (SSSR count). The minimum absolute atomic E-state index is 0.187. The van der Waals surface area contributed by atoms with Gasteiger partial charge in [0.15, 0.2) is 5.69 Å². The lowest BCUT2D eigenvalue weighted by Crippen LogP contribution is -2.29.